The minimum absolute atomic E-state index is 0.0494. The molecule has 1 unspecified atom stereocenters. The van der Waals surface area contributed by atoms with Gasteiger partial charge < -0.3 is 10.3 Å². The molecule has 0 aliphatic heterocycles. The van der Waals surface area contributed by atoms with Crippen molar-refractivity contribution in [2.24, 2.45) is 11.7 Å². The van der Waals surface area contributed by atoms with Gasteiger partial charge >= 0.3 is 0 Å². The first-order valence-corrected chi connectivity index (χ1v) is 6.10. The molecule has 2 rings (SSSR count). The average molecular weight is 232 g/mol. The van der Waals surface area contributed by atoms with Gasteiger partial charge in [-0.1, -0.05) is 13.8 Å². The standard InChI is InChI=1S/C13H20N4/c1-8(2)11(14)13-16-10-6-5-7-15-12(10)17(13)9(3)4/h5-9,11H,14H2,1-4H3. The molecule has 0 aliphatic rings. The fourth-order valence-electron chi connectivity index (χ4n) is 1.99. The topological polar surface area (TPSA) is 56.7 Å². The van der Waals surface area contributed by atoms with E-state index in [1.165, 1.54) is 0 Å². The van der Waals surface area contributed by atoms with Crippen LogP contribution in [0.3, 0.4) is 0 Å². The number of aromatic nitrogens is 3. The van der Waals surface area contributed by atoms with Crippen LogP contribution in [0.1, 0.15) is 45.6 Å². The van der Waals surface area contributed by atoms with Crippen molar-refractivity contribution in [3.8, 4) is 0 Å². The summed E-state index contributed by atoms with van der Waals surface area (Å²) in [5, 5.41) is 0. The Bertz CT molecular complexity index is 513. The van der Waals surface area contributed by atoms with E-state index < -0.39 is 0 Å². The second-order valence-electron chi connectivity index (χ2n) is 5.05. The van der Waals surface area contributed by atoms with Crippen LogP contribution >= 0.6 is 0 Å². The van der Waals surface area contributed by atoms with E-state index >= 15 is 0 Å². The quantitative estimate of drug-likeness (QED) is 0.885. The zero-order valence-corrected chi connectivity index (χ0v) is 10.9. The Morgan fingerprint density at radius 2 is 1.94 bits per heavy atom. The molecule has 0 saturated carbocycles. The Balaban J connectivity index is 2.66. The molecular weight excluding hydrogens is 212 g/mol. The molecule has 0 spiro atoms. The highest BCUT2D eigenvalue weighted by Gasteiger charge is 2.21. The van der Waals surface area contributed by atoms with Crippen LogP contribution in [0.25, 0.3) is 11.2 Å². The van der Waals surface area contributed by atoms with Crippen LogP contribution < -0.4 is 5.73 Å². The average Bonchev–Trinajstić information content (AvgIpc) is 2.66. The molecule has 0 aromatic carbocycles. The molecule has 0 saturated heterocycles. The second-order valence-corrected chi connectivity index (χ2v) is 5.05. The van der Waals surface area contributed by atoms with Crippen LogP contribution in [-0.4, -0.2) is 14.5 Å². The van der Waals surface area contributed by atoms with Gasteiger partial charge in [0.05, 0.1) is 6.04 Å². The number of rotatable bonds is 3. The molecule has 2 aromatic heterocycles. The lowest BCUT2D eigenvalue weighted by atomic mass is 10.0. The highest BCUT2D eigenvalue weighted by atomic mass is 15.2. The predicted molar refractivity (Wildman–Crippen MR) is 69.7 cm³/mol. The summed E-state index contributed by atoms with van der Waals surface area (Å²) in [5.74, 6) is 1.30. The molecule has 0 bridgehead atoms. The number of imidazole rings is 1. The van der Waals surface area contributed by atoms with Gasteiger partial charge in [-0.15, -0.1) is 0 Å². The van der Waals surface area contributed by atoms with Gasteiger partial charge in [0.25, 0.3) is 0 Å². The van der Waals surface area contributed by atoms with E-state index in [0.717, 1.165) is 17.0 Å². The largest absolute Gasteiger partial charge is 0.321 e. The summed E-state index contributed by atoms with van der Waals surface area (Å²) < 4.78 is 2.14. The molecule has 0 aliphatic carbocycles. The zero-order valence-electron chi connectivity index (χ0n) is 10.9. The Morgan fingerprint density at radius 3 is 2.53 bits per heavy atom. The predicted octanol–water partition coefficient (Wildman–Crippen LogP) is 2.67. The molecule has 4 heteroatoms. The van der Waals surface area contributed by atoms with Gasteiger partial charge in [0.15, 0.2) is 5.65 Å². The molecule has 2 heterocycles. The summed E-state index contributed by atoms with van der Waals surface area (Å²) in [6.07, 6.45) is 1.80. The lowest BCUT2D eigenvalue weighted by Gasteiger charge is -2.19. The monoisotopic (exact) mass is 232 g/mol. The first kappa shape index (κ1) is 12.0. The Labute approximate surface area is 102 Å². The minimum atomic E-state index is -0.0494. The molecule has 2 aromatic rings. The molecule has 17 heavy (non-hydrogen) atoms. The Morgan fingerprint density at radius 1 is 1.24 bits per heavy atom. The summed E-state index contributed by atoms with van der Waals surface area (Å²) in [6.45, 7) is 8.49. The summed E-state index contributed by atoms with van der Waals surface area (Å²) in [5.41, 5.74) is 8.08. The highest BCUT2D eigenvalue weighted by molar-refractivity contribution is 5.71. The summed E-state index contributed by atoms with van der Waals surface area (Å²) in [7, 11) is 0. The minimum Gasteiger partial charge on any atom is -0.321 e. The van der Waals surface area contributed by atoms with E-state index in [0.29, 0.717) is 12.0 Å². The van der Waals surface area contributed by atoms with Crippen molar-refractivity contribution >= 4 is 11.2 Å². The fraction of sp³-hybridized carbons (Fsp3) is 0.538. The maximum Gasteiger partial charge on any atom is 0.160 e. The third kappa shape index (κ3) is 2.05. The molecule has 0 radical (unpaired) electrons. The first-order valence-electron chi connectivity index (χ1n) is 6.10. The molecule has 2 N–H and O–H groups in total. The third-order valence-electron chi connectivity index (χ3n) is 3.01. The SMILES string of the molecule is CC(C)C(N)c1nc2cccnc2n1C(C)C. The smallest absolute Gasteiger partial charge is 0.160 e. The molecule has 0 amide bonds. The van der Waals surface area contributed by atoms with Crippen LogP contribution in [0, 0.1) is 5.92 Å². The number of nitrogens with two attached hydrogens (primary N) is 1. The number of fused-ring (bicyclic) bond motifs is 1. The first-order chi connectivity index (χ1) is 8.02. The third-order valence-corrected chi connectivity index (χ3v) is 3.01. The maximum absolute atomic E-state index is 6.23. The molecule has 1 atom stereocenters. The highest BCUT2D eigenvalue weighted by Crippen LogP contribution is 2.25. The fourth-order valence-corrected chi connectivity index (χ4v) is 1.99. The number of hydrogen-bond donors (Lipinski definition) is 1. The Hall–Kier alpha value is -1.42. The van der Waals surface area contributed by atoms with Crippen molar-refractivity contribution in [1.82, 2.24) is 14.5 Å². The van der Waals surface area contributed by atoms with Gasteiger partial charge in [-0.25, -0.2) is 9.97 Å². The van der Waals surface area contributed by atoms with Gasteiger partial charge in [-0.3, -0.25) is 0 Å². The molecular formula is C13H20N4. The van der Waals surface area contributed by atoms with Gasteiger partial charge in [-0.2, -0.15) is 0 Å². The van der Waals surface area contributed by atoms with E-state index in [9.17, 15) is 0 Å². The summed E-state index contributed by atoms with van der Waals surface area (Å²) in [6, 6.07) is 4.16. The number of pyridine rings is 1. The van der Waals surface area contributed by atoms with Crippen molar-refractivity contribution in [3.63, 3.8) is 0 Å². The number of hydrogen-bond acceptors (Lipinski definition) is 3. The van der Waals surface area contributed by atoms with Crippen molar-refractivity contribution in [2.75, 3.05) is 0 Å². The molecule has 4 nitrogen and oxygen atoms in total. The summed E-state index contributed by atoms with van der Waals surface area (Å²) >= 11 is 0. The lowest BCUT2D eigenvalue weighted by molar-refractivity contribution is 0.452. The van der Waals surface area contributed by atoms with E-state index in [-0.39, 0.29) is 6.04 Å². The maximum atomic E-state index is 6.23. The van der Waals surface area contributed by atoms with E-state index in [4.69, 9.17) is 5.73 Å². The van der Waals surface area contributed by atoms with Crippen molar-refractivity contribution in [1.29, 1.82) is 0 Å². The summed E-state index contributed by atoms with van der Waals surface area (Å²) in [4.78, 5) is 9.04. The van der Waals surface area contributed by atoms with Crippen molar-refractivity contribution in [3.05, 3.63) is 24.2 Å². The van der Waals surface area contributed by atoms with Crippen LogP contribution in [0.2, 0.25) is 0 Å². The van der Waals surface area contributed by atoms with Gasteiger partial charge in [0, 0.05) is 12.2 Å². The van der Waals surface area contributed by atoms with E-state index in [1.807, 2.05) is 12.1 Å². The van der Waals surface area contributed by atoms with Crippen LogP contribution in [-0.2, 0) is 0 Å². The normalized spacial score (nSPS) is 13.8. The van der Waals surface area contributed by atoms with Gasteiger partial charge in [-0.05, 0) is 31.9 Å². The zero-order chi connectivity index (χ0) is 12.6. The van der Waals surface area contributed by atoms with Crippen LogP contribution in [0.15, 0.2) is 18.3 Å². The van der Waals surface area contributed by atoms with E-state index in [1.54, 1.807) is 6.20 Å². The van der Waals surface area contributed by atoms with Crippen molar-refractivity contribution in [2.45, 2.75) is 39.8 Å². The lowest BCUT2D eigenvalue weighted by Crippen LogP contribution is -2.22. The Kier molecular flexibility index (Phi) is 3.15. The van der Waals surface area contributed by atoms with Crippen LogP contribution in [0.4, 0.5) is 0 Å². The molecule has 0 fully saturated rings. The van der Waals surface area contributed by atoms with Gasteiger partial charge in [0.2, 0.25) is 0 Å². The van der Waals surface area contributed by atoms with Gasteiger partial charge in [0.1, 0.15) is 11.3 Å². The van der Waals surface area contributed by atoms with Crippen molar-refractivity contribution < 1.29 is 0 Å². The van der Waals surface area contributed by atoms with Crippen LogP contribution in [0.5, 0.6) is 0 Å². The number of nitrogens with zero attached hydrogens (tertiary/aromatic N) is 3. The molecule has 92 valence electrons. The van der Waals surface area contributed by atoms with E-state index in [2.05, 4.69) is 42.2 Å². The second kappa shape index (κ2) is 4.45.